The summed E-state index contributed by atoms with van der Waals surface area (Å²) < 4.78 is 0. The maximum absolute atomic E-state index is 9.88. The summed E-state index contributed by atoms with van der Waals surface area (Å²) >= 11 is 1.50. The Balaban J connectivity index is 1.23. The normalized spacial score (nSPS) is 20.5. The van der Waals surface area contributed by atoms with Crippen LogP contribution in [0.4, 0.5) is 22.7 Å². The molecule has 0 unspecified atom stereocenters. The molecule has 4 aromatic rings. The molecule has 0 amide bonds. The van der Waals surface area contributed by atoms with E-state index in [1.54, 1.807) is 0 Å². The van der Waals surface area contributed by atoms with Crippen molar-refractivity contribution in [1.29, 1.82) is 0 Å². The van der Waals surface area contributed by atoms with Gasteiger partial charge in [0.25, 0.3) is 0 Å². The van der Waals surface area contributed by atoms with E-state index in [0.717, 1.165) is 78.6 Å². The number of hydrogen-bond donors (Lipinski definition) is 4. The van der Waals surface area contributed by atoms with E-state index in [9.17, 15) is 10.2 Å². The number of rotatable bonds is 7. The van der Waals surface area contributed by atoms with Crippen LogP contribution in [0.3, 0.4) is 0 Å². The molecule has 1 aliphatic carbocycles. The summed E-state index contributed by atoms with van der Waals surface area (Å²) in [6, 6.07) is 16.5. The third-order valence-corrected chi connectivity index (χ3v) is 8.18. The third kappa shape index (κ3) is 6.03. The van der Waals surface area contributed by atoms with Gasteiger partial charge in [0, 0.05) is 31.6 Å². The summed E-state index contributed by atoms with van der Waals surface area (Å²) in [5.74, 6) is 2.21. The van der Waals surface area contributed by atoms with Crippen molar-refractivity contribution >= 4 is 44.4 Å². The van der Waals surface area contributed by atoms with Crippen LogP contribution in [-0.2, 0) is 6.42 Å². The molecule has 1 saturated heterocycles. The molecule has 9 nitrogen and oxygen atoms in total. The molecule has 198 valence electrons. The van der Waals surface area contributed by atoms with Crippen LogP contribution in [0, 0.1) is 0 Å². The van der Waals surface area contributed by atoms with Crippen LogP contribution in [-0.4, -0.2) is 61.5 Å². The lowest BCUT2D eigenvalue weighted by Gasteiger charge is -2.30. The minimum Gasteiger partial charge on any atom is -0.393 e. The highest BCUT2D eigenvalue weighted by Gasteiger charge is 2.21. The Morgan fingerprint density at radius 2 is 1.61 bits per heavy atom. The average Bonchev–Trinajstić information content (AvgIpc) is 3.32. The van der Waals surface area contributed by atoms with Crippen molar-refractivity contribution in [2.24, 2.45) is 0 Å². The first kappa shape index (κ1) is 25.0. The van der Waals surface area contributed by atoms with Gasteiger partial charge in [0.05, 0.1) is 17.9 Å². The molecule has 0 spiro atoms. The summed E-state index contributed by atoms with van der Waals surface area (Å²) in [4.78, 5) is 22.3. The second-order valence-electron chi connectivity index (χ2n) is 10.2. The molecule has 0 radical (unpaired) electrons. The number of nitrogens with one attached hydrogen (secondary N) is 2. The molecule has 10 heteroatoms. The van der Waals surface area contributed by atoms with Gasteiger partial charge >= 0.3 is 0 Å². The van der Waals surface area contributed by atoms with E-state index in [1.165, 1.54) is 16.9 Å². The zero-order valence-corrected chi connectivity index (χ0v) is 22.1. The number of benzene rings is 1. The van der Waals surface area contributed by atoms with Crippen molar-refractivity contribution in [3.05, 3.63) is 59.8 Å². The van der Waals surface area contributed by atoms with Crippen LogP contribution in [0.2, 0.25) is 0 Å². The molecular weight excluding hydrogens is 498 g/mol. The first-order valence-electron chi connectivity index (χ1n) is 13.4. The molecule has 3 aromatic heterocycles. The number of hydrogen-bond acceptors (Lipinski definition) is 10. The number of anilines is 4. The smallest absolute Gasteiger partial charge is 0.225 e. The van der Waals surface area contributed by atoms with E-state index in [2.05, 4.69) is 27.7 Å². The Labute approximate surface area is 226 Å². The molecule has 4 heterocycles. The topological polar surface area (TPSA) is 119 Å². The zero-order chi connectivity index (χ0) is 25.9. The fourth-order valence-corrected chi connectivity index (χ4v) is 6.01. The molecule has 6 rings (SSSR count). The Hall–Kier alpha value is -3.34. The number of aromatic nitrogens is 4. The van der Waals surface area contributed by atoms with Gasteiger partial charge in [-0.3, -0.25) is 0 Å². The van der Waals surface area contributed by atoms with Crippen molar-refractivity contribution < 1.29 is 10.2 Å². The Morgan fingerprint density at radius 3 is 2.39 bits per heavy atom. The molecule has 1 aromatic carbocycles. The quantitative estimate of drug-likeness (QED) is 0.273. The lowest BCUT2D eigenvalue weighted by Crippen LogP contribution is -2.36. The predicted octanol–water partition coefficient (Wildman–Crippen LogP) is 4.49. The van der Waals surface area contributed by atoms with Gasteiger partial charge in [0.1, 0.15) is 22.0 Å². The predicted molar refractivity (Wildman–Crippen MR) is 151 cm³/mol. The number of piperidine rings is 1. The summed E-state index contributed by atoms with van der Waals surface area (Å²) in [7, 11) is 0. The van der Waals surface area contributed by atoms with Crippen molar-refractivity contribution in [3.8, 4) is 0 Å². The molecular formula is C28H33N7O2S. The maximum atomic E-state index is 9.88. The number of fused-ring (bicyclic) bond motifs is 1. The molecule has 0 atom stereocenters. The zero-order valence-electron chi connectivity index (χ0n) is 21.3. The van der Waals surface area contributed by atoms with Gasteiger partial charge in [-0.25, -0.2) is 15.0 Å². The highest BCUT2D eigenvalue weighted by molar-refractivity contribution is 7.21. The minimum absolute atomic E-state index is 0.203. The monoisotopic (exact) mass is 531 g/mol. The SMILES string of the molecule is OC1CCC(Nc2nc(Cc3ccccc3)cc(Nc3nc4ccc(N5CCC(O)CC5)nc4s3)n2)CC1. The van der Waals surface area contributed by atoms with Crippen LogP contribution in [0.15, 0.2) is 48.5 Å². The second kappa shape index (κ2) is 11.2. The lowest BCUT2D eigenvalue weighted by molar-refractivity contribution is 0.126. The number of nitrogens with zero attached hydrogens (tertiary/aromatic N) is 5. The molecule has 1 aliphatic heterocycles. The number of aliphatic hydroxyl groups is 2. The summed E-state index contributed by atoms with van der Waals surface area (Å²) in [6.45, 7) is 1.62. The molecule has 38 heavy (non-hydrogen) atoms. The minimum atomic E-state index is -0.210. The molecule has 0 bridgehead atoms. The van der Waals surface area contributed by atoms with Gasteiger partial charge in [-0.05, 0) is 56.2 Å². The maximum Gasteiger partial charge on any atom is 0.225 e. The second-order valence-corrected chi connectivity index (χ2v) is 11.2. The Kier molecular flexibility index (Phi) is 7.35. The number of thiazole rings is 1. The Bertz CT molecular complexity index is 1370. The standard InChI is InChI=1S/C28H33N7O2S/c36-21-8-6-19(7-9-21)29-27-30-20(16-18-4-2-1-3-5-18)17-24(32-27)33-28-31-23-10-11-25(34-26(23)38-28)35-14-12-22(37)13-15-35/h1-5,10-11,17,19,21-22,36-37H,6-9,12-16H2,(H2,29,30,31,32,33). The van der Waals surface area contributed by atoms with E-state index in [4.69, 9.17) is 19.9 Å². The fourth-order valence-electron chi connectivity index (χ4n) is 5.17. The van der Waals surface area contributed by atoms with Gasteiger partial charge < -0.3 is 25.7 Å². The average molecular weight is 532 g/mol. The summed E-state index contributed by atoms with van der Waals surface area (Å²) in [5.41, 5.74) is 2.95. The molecule has 4 N–H and O–H groups in total. The fraction of sp³-hybridized carbons (Fsp3) is 0.429. The van der Waals surface area contributed by atoms with E-state index in [-0.39, 0.29) is 18.2 Å². The first-order valence-corrected chi connectivity index (χ1v) is 14.2. The highest BCUT2D eigenvalue weighted by Crippen LogP contribution is 2.30. The first-order chi connectivity index (χ1) is 18.6. The van der Waals surface area contributed by atoms with E-state index in [1.807, 2.05) is 36.4 Å². The highest BCUT2D eigenvalue weighted by atomic mass is 32.1. The lowest BCUT2D eigenvalue weighted by atomic mass is 9.93. The Morgan fingerprint density at radius 1 is 0.842 bits per heavy atom. The number of aliphatic hydroxyl groups excluding tert-OH is 2. The number of pyridine rings is 1. The van der Waals surface area contributed by atoms with Gasteiger partial charge in [0.2, 0.25) is 5.95 Å². The van der Waals surface area contributed by atoms with Crippen molar-refractivity contribution in [2.45, 2.75) is 63.2 Å². The van der Waals surface area contributed by atoms with Gasteiger partial charge in [-0.2, -0.15) is 4.98 Å². The van der Waals surface area contributed by atoms with Crippen molar-refractivity contribution in [1.82, 2.24) is 19.9 Å². The van der Waals surface area contributed by atoms with Crippen LogP contribution >= 0.6 is 11.3 Å². The van der Waals surface area contributed by atoms with E-state index in [0.29, 0.717) is 18.2 Å². The van der Waals surface area contributed by atoms with E-state index < -0.39 is 0 Å². The van der Waals surface area contributed by atoms with Gasteiger partial charge in [0.15, 0.2) is 5.13 Å². The summed E-state index contributed by atoms with van der Waals surface area (Å²) in [5, 5.41) is 27.3. The third-order valence-electron chi connectivity index (χ3n) is 7.30. The molecule has 1 saturated carbocycles. The summed E-state index contributed by atoms with van der Waals surface area (Å²) in [6.07, 6.45) is 5.22. The van der Waals surface area contributed by atoms with Crippen molar-refractivity contribution in [3.63, 3.8) is 0 Å². The largest absolute Gasteiger partial charge is 0.393 e. The van der Waals surface area contributed by atoms with Gasteiger partial charge in [-0.1, -0.05) is 41.7 Å². The van der Waals surface area contributed by atoms with Crippen LogP contribution in [0.25, 0.3) is 10.3 Å². The molecule has 2 fully saturated rings. The van der Waals surface area contributed by atoms with Crippen LogP contribution < -0.4 is 15.5 Å². The van der Waals surface area contributed by atoms with Crippen LogP contribution in [0.1, 0.15) is 49.8 Å². The van der Waals surface area contributed by atoms with Gasteiger partial charge in [-0.15, -0.1) is 0 Å². The molecule has 2 aliphatic rings. The van der Waals surface area contributed by atoms with E-state index >= 15 is 0 Å². The van der Waals surface area contributed by atoms with Crippen molar-refractivity contribution in [2.75, 3.05) is 28.6 Å². The van der Waals surface area contributed by atoms with Crippen LogP contribution in [0.5, 0.6) is 0 Å².